The quantitative estimate of drug-likeness (QED) is 0.476. The molecule has 0 spiro atoms. The zero-order chi connectivity index (χ0) is 8.69. The average Bonchev–Trinajstić information content (AvgIpc) is 2.38. The van der Waals surface area contributed by atoms with E-state index in [-0.39, 0.29) is 13.5 Å². The van der Waals surface area contributed by atoms with Gasteiger partial charge in [0.1, 0.15) is 0 Å². The molecule has 0 saturated carbocycles. The summed E-state index contributed by atoms with van der Waals surface area (Å²) in [5.74, 6) is 0.153. The van der Waals surface area contributed by atoms with Crippen molar-refractivity contribution in [2.24, 2.45) is 0 Å². The second-order valence-electron chi connectivity index (χ2n) is 1.65. The maximum atomic E-state index is 10.5. The molecule has 5 heteroatoms. The molecule has 1 aromatic rings. The van der Waals surface area contributed by atoms with Crippen LogP contribution in [0.5, 0.6) is 0 Å². The molecule has 1 rings (SSSR count). The van der Waals surface area contributed by atoms with Crippen LogP contribution in [0.2, 0.25) is 0 Å². The van der Waals surface area contributed by atoms with Crippen molar-refractivity contribution < 1.29 is 14.8 Å². The number of hydrogen-bond acceptors (Lipinski definition) is 4. The molecule has 1 radical (unpaired) electrons. The van der Waals surface area contributed by atoms with E-state index in [0.717, 1.165) is 4.88 Å². The second-order valence-corrected chi connectivity index (χ2v) is 2.60. The summed E-state index contributed by atoms with van der Waals surface area (Å²) in [4.78, 5) is 11.4. The highest BCUT2D eigenvalue weighted by atomic mass is 32.1. The van der Waals surface area contributed by atoms with Crippen LogP contribution in [0.4, 0.5) is 0 Å². The van der Waals surface area contributed by atoms with Gasteiger partial charge in [-0.1, -0.05) is 6.07 Å². The lowest BCUT2D eigenvalue weighted by molar-refractivity contribution is 0.102. The van der Waals surface area contributed by atoms with E-state index in [2.05, 4.69) is 0 Å². The topological polar surface area (TPSA) is 57.5 Å². The van der Waals surface area contributed by atoms with Crippen molar-refractivity contribution in [1.82, 2.24) is 0 Å². The van der Waals surface area contributed by atoms with Crippen LogP contribution < -0.4 is 0 Å². The van der Waals surface area contributed by atoms with Gasteiger partial charge < -0.3 is 10.0 Å². The summed E-state index contributed by atoms with van der Waals surface area (Å²) in [6, 6.07) is 3.70. The lowest BCUT2D eigenvalue weighted by atomic mass is 10.4. The number of ketones is 1. The van der Waals surface area contributed by atoms with Crippen LogP contribution in [0.25, 0.3) is 0 Å². The Morgan fingerprint density at radius 2 is 2.18 bits per heavy atom. The zero-order valence-electron chi connectivity index (χ0n) is 6.02. The molecule has 0 amide bonds. The molecule has 0 bridgehead atoms. The first-order chi connectivity index (χ1) is 5.22. The Morgan fingerprint density at radius 1 is 1.64 bits per heavy atom. The molecule has 0 atom stereocenters. The van der Waals surface area contributed by atoms with Crippen LogP contribution in [0, 0.1) is 0 Å². The van der Waals surface area contributed by atoms with Crippen molar-refractivity contribution in [3.8, 4) is 0 Å². The van der Waals surface area contributed by atoms with E-state index in [9.17, 15) is 4.79 Å². The molecule has 2 N–H and O–H groups in total. The van der Waals surface area contributed by atoms with Gasteiger partial charge in [-0.25, -0.2) is 0 Å². The monoisotopic (exact) mass is 171 g/mol. The van der Waals surface area contributed by atoms with Crippen LogP contribution in [0.3, 0.4) is 0 Å². The Bertz CT molecular complexity index is 198. The fraction of sp³-hybridized carbons (Fsp3) is 0.167. The molecule has 59 valence electrons. The molecule has 0 unspecified atom stereocenters. The number of rotatable bonds is 1. The van der Waals surface area contributed by atoms with Gasteiger partial charge in [-0.2, -0.15) is 0 Å². The fourth-order valence-electron chi connectivity index (χ4n) is 0.479. The molecule has 0 aliphatic heterocycles. The molecule has 0 saturated heterocycles. The molecule has 1 heterocycles. The maximum absolute atomic E-state index is 10.5. The first-order valence-electron chi connectivity index (χ1n) is 2.87. The minimum Gasteiger partial charge on any atom is -0.429 e. The second kappa shape index (κ2) is 6.09. The zero-order valence-corrected chi connectivity index (χ0v) is 6.84. The molecule has 1 aromatic heterocycles. The summed E-state index contributed by atoms with van der Waals surface area (Å²) in [5, 5.41) is 15.9. The summed E-state index contributed by atoms with van der Waals surface area (Å²) in [6.07, 6.45) is 0. The van der Waals surface area contributed by atoms with Gasteiger partial charge in [-0.15, -0.1) is 11.3 Å². The summed E-state index contributed by atoms with van der Waals surface area (Å²) < 4.78 is 0. The predicted molar refractivity (Wildman–Crippen MR) is 44.5 cm³/mol. The van der Waals surface area contributed by atoms with Gasteiger partial charge in [0.2, 0.25) is 0 Å². The summed E-state index contributed by atoms with van der Waals surface area (Å²) in [7, 11) is 0. The standard InChI is InChI=1S/C6H6OS.BH2O2/c1-5(7)6-3-2-4-8-6;2-1-3/h2-4H,1H3;2-3H. The largest absolute Gasteiger partial charge is 0.482 e. The Balaban J connectivity index is 0.000000292. The molecule has 0 aliphatic rings. The Hall–Kier alpha value is -0.645. The first-order valence-corrected chi connectivity index (χ1v) is 3.75. The van der Waals surface area contributed by atoms with E-state index >= 15 is 0 Å². The SMILES string of the molecule is CC(=O)c1cccs1.O[B]O. The molecule has 0 fully saturated rings. The van der Waals surface area contributed by atoms with Gasteiger partial charge in [0.05, 0.1) is 4.88 Å². The normalized spacial score (nSPS) is 7.91. The summed E-state index contributed by atoms with van der Waals surface area (Å²) >= 11 is 1.48. The van der Waals surface area contributed by atoms with Crippen LogP contribution in [0.15, 0.2) is 17.5 Å². The molecule has 3 nitrogen and oxygen atoms in total. The van der Waals surface area contributed by atoms with Gasteiger partial charge >= 0.3 is 7.69 Å². The van der Waals surface area contributed by atoms with E-state index in [1.807, 2.05) is 17.5 Å². The van der Waals surface area contributed by atoms with Crippen LogP contribution in [-0.2, 0) is 0 Å². The van der Waals surface area contributed by atoms with Gasteiger partial charge in [0, 0.05) is 0 Å². The molecular weight excluding hydrogens is 163 g/mol. The number of Topliss-reactive ketones (excluding diaryl/α,β-unsaturated/α-hetero) is 1. The lowest BCUT2D eigenvalue weighted by Gasteiger charge is -1.79. The molecular formula is C6H8BO3S. The summed E-state index contributed by atoms with van der Waals surface area (Å²) in [5.41, 5.74) is 0. The van der Waals surface area contributed by atoms with Crippen molar-refractivity contribution in [2.45, 2.75) is 6.92 Å². The van der Waals surface area contributed by atoms with Crippen LogP contribution >= 0.6 is 11.3 Å². The van der Waals surface area contributed by atoms with E-state index in [4.69, 9.17) is 10.0 Å². The van der Waals surface area contributed by atoms with Gasteiger partial charge in [-0.3, -0.25) is 4.79 Å². The summed E-state index contributed by atoms with van der Waals surface area (Å²) in [6.45, 7) is 1.58. The lowest BCUT2D eigenvalue weighted by Crippen LogP contribution is -1.83. The van der Waals surface area contributed by atoms with Crippen LogP contribution in [0.1, 0.15) is 16.6 Å². The van der Waals surface area contributed by atoms with Crippen molar-refractivity contribution in [1.29, 1.82) is 0 Å². The third-order valence-corrected chi connectivity index (χ3v) is 1.84. The van der Waals surface area contributed by atoms with E-state index < -0.39 is 0 Å². The van der Waals surface area contributed by atoms with Crippen molar-refractivity contribution >= 4 is 24.8 Å². The maximum Gasteiger partial charge on any atom is 0.482 e. The van der Waals surface area contributed by atoms with Crippen molar-refractivity contribution in [2.75, 3.05) is 0 Å². The molecule has 0 aliphatic carbocycles. The molecule has 0 aromatic carbocycles. The van der Waals surface area contributed by atoms with Crippen molar-refractivity contribution in [3.05, 3.63) is 22.4 Å². The van der Waals surface area contributed by atoms with Crippen molar-refractivity contribution in [3.63, 3.8) is 0 Å². The van der Waals surface area contributed by atoms with Gasteiger partial charge in [0.25, 0.3) is 0 Å². The third kappa shape index (κ3) is 4.72. The fourth-order valence-corrected chi connectivity index (χ4v) is 1.11. The average molecular weight is 171 g/mol. The Labute approximate surface area is 69.6 Å². The highest BCUT2D eigenvalue weighted by Crippen LogP contribution is 2.07. The third-order valence-electron chi connectivity index (χ3n) is 0.868. The Kier molecular flexibility index (Phi) is 5.73. The highest BCUT2D eigenvalue weighted by Gasteiger charge is 1.95. The van der Waals surface area contributed by atoms with Gasteiger partial charge in [-0.05, 0) is 18.4 Å². The molecule has 11 heavy (non-hydrogen) atoms. The number of hydrogen-bond donors (Lipinski definition) is 2. The van der Waals surface area contributed by atoms with E-state index in [0.29, 0.717) is 0 Å². The van der Waals surface area contributed by atoms with Crippen LogP contribution in [-0.4, -0.2) is 23.5 Å². The number of thiophene rings is 1. The van der Waals surface area contributed by atoms with Gasteiger partial charge in [0.15, 0.2) is 5.78 Å². The highest BCUT2D eigenvalue weighted by molar-refractivity contribution is 7.12. The minimum atomic E-state index is 0. The minimum absolute atomic E-state index is 0. The Morgan fingerprint density at radius 3 is 2.36 bits per heavy atom. The smallest absolute Gasteiger partial charge is 0.429 e. The number of carbonyl (C=O) groups excluding carboxylic acids is 1. The van der Waals surface area contributed by atoms with E-state index in [1.54, 1.807) is 6.92 Å². The predicted octanol–water partition coefficient (Wildman–Crippen LogP) is 0.456. The van der Waals surface area contributed by atoms with E-state index in [1.165, 1.54) is 11.3 Å². The first kappa shape index (κ1) is 10.4. The number of carbonyl (C=O) groups is 1.